The summed E-state index contributed by atoms with van der Waals surface area (Å²) in [6.45, 7) is 9.67. The molecule has 0 saturated carbocycles. The second-order valence-electron chi connectivity index (χ2n) is 7.61. The van der Waals surface area contributed by atoms with E-state index >= 15 is 0 Å². The van der Waals surface area contributed by atoms with Crippen molar-refractivity contribution in [1.82, 2.24) is 16.0 Å². The number of nitrogens with one attached hydrogen (secondary N) is 3. The number of allylic oxidation sites excluding steroid dienone is 5. The van der Waals surface area contributed by atoms with Crippen molar-refractivity contribution in [2.45, 2.75) is 60.0 Å². The van der Waals surface area contributed by atoms with Crippen LogP contribution in [0, 0.1) is 11.6 Å². The van der Waals surface area contributed by atoms with Gasteiger partial charge in [-0.25, -0.2) is 13.8 Å². The van der Waals surface area contributed by atoms with E-state index in [1.54, 1.807) is 37.3 Å². The smallest absolute Gasteiger partial charge is 0.270 e. The summed E-state index contributed by atoms with van der Waals surface area (Å²) < 4.78 is 26.5. The van der Waals surface area contributed by atoms with Gasteiger partial charge in [-0.1, -0.05) is 52.0 Å². The Bertz CT molecular complexity index is 1240. The lowest BCUT2D eigenvalue weighted by atomic mass is 10.1. The number of hydrogen-bond donors (Lipinski definition) is 5. The summed E-state index contributed by atoms with van der Waals surface area (Å²) in [5.41, 5.74) is 8.27. The predicted molar refractivity (Wildman–Crippen MR) is 169 cm³/mol. The number of carbonyl (C=O) groups is 3. The Morgan fingerprint density at radius 3 is 2.42 bits per heavy atom. The third kappa shape index (κ3) is 15.4. The highest BCUT2D eigenvalue weighted by Crippen LogP contribution is 2.11. The summed E-state index contributed by atoms with van der Waals surface area (Å²) in [4.78, 5) is 40.8. The molecular formula is C32H45F2N5O4. The van der Waals surface area contributed by atoms with Gasteiger partial charge in [0, 0.05) is 19.7 Å². The van der Waals surface area contributed by atoms with Crippen LogP contribution in [0.4, 0.5) is 8.78 Å². The molecule has 0 aromatic heterocycles. The van der Waals surface area contributed by atoms with Crippen molar-refractivity contribution in [3.63, 3.8) is 0 Å². The lowest BCUT2D eigenvalue weighted by molar-refractivity contribution is -0.118. The van der Waals surface area contributed by atoms with E-state index in [4.69, 9.17) is 5.11 Å². The number of carbonyl (C=O) groups excluding carboxylic acids is 3. The quantitative estimate of drug-likeness (QED) is 0.243. The van der Waals surface area contributed by atoms with Crippen LogP contribution in [0.3, 0.4) is 0 Å². The number of aliphatic hydroxyl groups excluding tert-OH is 1. The summed E-state index contributed by atoms with van der Waals surface area (Å²) in [5, 5.41) is 15.3. The molecule has 9 nitrogen and oxygen atoms in total. The molecule has 1 aliphatic carbocycles. The zero-order valence-electron chi connectivity index (χ0n) is 26.0. The zero-order chi connectivity index (χ0) is 33.2. The van der Waals surface area contributed by atoms with Crippen molar-refractivity contribution in [3.8, 4) is 0 Å². The van der Waals surface area contributed by atoms with Gasteiger partial charge < -0.3 is 26.8 Å². The molecule has 0 bridgehead atoms. The van der Waals surface area contributed by atoms with Crippen molar-refractivity contribution in [1.29, 1.82) is 0 Å². The summed E-state index contributed by atoms with van der Waals surface area (Å²) in [6, 6.07) is 3.04. The van der Waals surface area contributed by atoms with E-state index in [2.05, 4.69) is 32.4 Å². The second-order valence-corrected chi connectivity index (χ2v) is 7.61. The molecule has 1 aromatic rings. The van der Waals surface area contributed by atoms with Gasteiger partial charge in [0.1, 0.15) is 17.2 Å². The minimum absolute atomic E-state index is 0.0347. The molecule has 1 aliphatic heterocycles. The number of nitrogens with zero attached hydrogens (tertiary/aromatic N) is 1. The van der Waals surface area contributed by atoms with Gasteiger partial charge in [-0.15, -0.1) is 5.73 Å². The average Bonchev–Trinajstić information content (AvgIpc) is 3.07. The van der Waals surface area contributed by atoms with E-state index in [1.165, 1.54) is 19.2 Å². The molecule has 1 unspecified atom stereocenters. The standard InChI is InChI=1S/C26H24F2N4O3.2C2H6.CH5N.CH4O/c1-2-24-31-22(25(34)29-15-18-11-12-20(27)21(28)13-18)14-23(32-24)26(35)30-19-9-5-3-7-17(16-33)8-4-6-10-19;4*1-2/h2-5,8-9,11-14,16,19,31H,6,10,15H2,1H3,(H,29,34)(H,30,35);2*1-2H3;2H2,1H3;2H,1H3/b8-4+,9-5+,24-2-;;;;. The number of halogens is 2. The number of aliphatic hydroxyl groups is 1. The van der Waals surface area contributed by atoms with Gasteiger partial charge in [-0.2, -0.15) is 0 Å². The fourth-order valence-corrected chi connectivity index (χ4v) is 3.20. The van der Waals surface area contributed by atoms with E-state index in [1.807, 2.05) is 33.8 Å². The topological polar surface area (TPSA) is 146 Å². The molecule has 1 atom stereocenters. The van der Waals surface area contributed by atoms with Gasteiger partial charge >= 0.3 is 0 Å². The van der Waals surface area contributed by atoms with Gasteiger partial charge in [-0.05, 0) is 68.8 Å². The van der Waals surface area contributed by atoms with Crippen LogP contribution in [0.25, 0.3) is 0 Å². The highest BCUT2D eigenvalue weighted by atomic mass is 19.2. The number of nitrogens with two attached hydrogens (primary N) is 1. The third-order valence-electron chi connectivity index (χ3n) is 5.05. The van der Waals surface area contributed by atoms with Crippen LogP contribution >= 0.6 is 0 Å². The Labute approximate surface area is 253 Å². The maximum Gasteiger partial charge on any atom is 0.270 e. The second kappa shape index (κ2) is 25.3. The highest BCUT2D eigenvalue weighted by Gasteiger charge is 2.22. The summed E-state index contributed by atoms with van der Waals surface area (Å²) in [7, 11) is 2.50. The van der Waals surface area contributed by atoms with Gasteiger partial charge in [-0.3, -0.25) is 14.4 Å². The van der Waals surface area contributed by atoms with Crippen LogP contribution in [-0.4, -0.2) is 49.1 Å². The molecule has 0 fully saturated rings. The predicted octanol–water partition coefficient (Wildman–Crippen LogP) is 4.28. The molecule has 2 aliphatic rings. The lowest BCUT2D eigenvalue weighted by Gasteiger charge is -2.19. The van der Waals surface area contributed by atoms with Gasteiger partial charge in [0.15, 0.2) is 17.9 Å². The van der Waals surface area contributed by atoms with Crippen molar-refractivity contribution < 1.29 is 28.3 Å². The van der Waals surface area contributed by atoms with Gasteiger partial charge in [0.05, 0.1) is 5.57 Å². The Kier molecular flexibility index (Phi) is 23.9. The van der Waals surface area contributed by atoms with E-state index in [0.29, 0.717) is 36.1 Å². The molecule has 43 heavy (non-hydrogen) atoms. The molecule has 0 saturated heterocycles. The SMILES string of the molecule is C/C=C1\N=C(C(=O)NC2/C=C/C=C=C(C=O)/C=C/CC2)C=C(C(=O)NCc2ccc(F)c(F)c2)N1.CC.CC.CN.CO. The van der Waals surface area contributed by atoms with E-state index in [-0.39, 0.29) is 24.0 Å². The Morgan fingerprint density at radius 1 is 1.14 bits per heavy atom. The molecule has 2 amide bonds. The average molecular weight is 602 g/mol. The first kappa shape index (κ1) is 40.7. The van der Waals surface area contributed by atoms with Crippen molar-refractivity contribution in [2.24, 2.45) is 10.7 Å². The number of rotatable bonds is 6. The Balaban J connectivity index is 0. The molecule has 236 valence electrons. The number of aliphatic imine (C=N–C) groups is 1. The van der Waals surface area contributed by atoms with Crippen molar-refractivity contribution >= 4 is 23.8 Å². The fourth-order valence-electron chi connectivity index (χ4n) is 3.20. The van der Waals surface area contributed by atoms with Crippen LogP contribution < -0.4 is 21.7 Å². The molecule has 0 radical (unpaired) electrons. The molecule has 0 spiro atoms. The van der Waals surface area contributed by atoms with Gasteiger partial charge in [0.25, 0.3) is 11.8 Å². The van der Waals surface area contributed by atoms with E-state index in [9.17, 15) is 23.2 Å². The van der Waals surface area contributed by atoms with Crippen LogP contribution in [0.5, 0.6) is 0 Å². The summed E-state index contributed by atoms with van der Waals surface area (Å²) >= 11 is 0. The van der Waals surface area contributed by atoms with Crippen molar-refractivity contribution in [2.75, 3.05) is 14.2 Å². The molecule has 1 heterocycles. The minimum Gasteiger partial charge on any atom is -0.400 e. The maximum absolute atomic E-state index is 13.4. The maximum atomic E-state index is 13.4. The van der Waals surface area contributed by atoms with Crippen LogP contribution in [0.1, 0.15) is 53.0 Å². The largest absolute Gasteiger partial charge is 0.400 e. The van der Waals surface area contributed by atoms with Crippen LogP contribution in [0.2, 0.25) is 0 Å². The molecule has 6 N–H and O–H groups in total. The zero-order valence-corrected chi connectivity index (χ0v) is 26.0. The Hall–Kier alpha value is -4.44. The van der Waals surface area contributed by atoms with Crippen molar-refractivity contribution in [3.05, 3.63) is 101 Å². The highest BCUT2D eigenvalue weighted by molar-refractivity contribution is 6.44. The number of aldehydes is 1. The van der Waals surface area contributed by atoms with Crippen LogP contribution in [-0.2, 0) is 20.9 Å². The third-order valence-corrected chi connectivity index (χ3v) is 5.05. The monoisotopic (exact) mass is 601 g/mol. The van der Waals surface area contributed by atoms with Crippen LogP contribution in [0.15, 0.2) is 88.5 Å². The summed E-state index contributed by atoms with van der Waals surface area (Å²) in [5.74, 6) is -2.67. The normalized spacial score (nSPS) is 17.2. The molecule has 11 heteroatoms. The van der Waals surface area contributed by atoms with E-state index in [0.717, 1.165) is 19.2 Å². The summed E-state index contributed by atoms with van der Waals surface area (Å²) in [6.07, 6.45) is 13.4. The first-order chi connectivity index (χ1) is 20.9. The fraction of sp³-hybridized carbons (Fsp3) is 0.344. The first-order valence-corrected chi connectivity index (χ1v) is 13.9. The number of benzene rings is 1. The first-order valence-electron chi connectivity index (χ1n) is 13.9. The lowest BCUT2D eigenvalue weighted by Crippen LogP contribution is -2.41. The minimum atomic E-state index is -1.00. The molecule has 3 rings (SSSR count). The van der Waals surface area contributed by atoms with Gasteiger partial charge in [0.2, 0.25) is 0 Å². The molecule has 1 aromatic carbocycles. The van der Waals surface area contributed by atoms with E-state index < -0.39 is 23.4 Å². The molecular weight excluding hydrogens is 556 g/mol. The number of amides is 2. The number of hydrogen-bond acceptors (Lipinski definition) is 7. The Morgan fingerprint density at radius 2 is 1.81 bits per heavy atom.